The Labute approximate surface area is 76.5 Å². The molecule has 0 N–H and O–H groups in total. The molecule has 0 atom stereocenters. The fraction of sp³-hybridized carbons (Fsp3) is 0.600. The molecule has 0 aliphatic rings. The Hall–Kier alpha value is -0.503. The summed E-state index contributed by atoms with van der Waals surface area (Å²) in [5.74, 6) is 0.655. The Kier molecular flexibility index (Phi) is 2.47. The van der Waals surface area contributed by atoms with Crippen LogP contribution in [0.4, 0.5) is 0 Å². The average molecular weight is 181 g/mol. The summed E-state index contributed by atoms with van der Waals surface area (Å²) in [5.41, 5.74) is 1.46. The highest BCUT2D eigenvalue weighted by Crippen LogP contribution is 2.17. The van der Waals surface area contributed by atoms with Gasteiger partial charge in [-0.1, -0.05) is 33.5 Å². The molecule has 1 aromatic rings. The molecule has 0 spiro atoms. The normalized spacial score (nSPS) is 12.5. The van der Waals surface area contributed by atoms with E-state index in [4.69, 9.17) is 0 Å². The molecule has 2 heteroatoms. The lowest BCUT2D eigenvalue weighted by Crippen LogP contribution is -2.30. The van der Waals surface area contributed by atoms with Gasteiger partial charge < -0.3 is 4.23 Å². The zero-order chi connectivity index (χ0) is 9.35. The van der Waals surface area contributed by atoms with Crippen molar-refractivity contribution >= 4 is 8.24 Å². The van der Waals surface area contributed by atoms with Gasteiger partial charge in [-0.3, -0.25) is 0 Å². The Morgan fingerprint density at radius 1 is 1.25 bits per heavy atom. The first kappa shape index (κ1) is 9.58. The maximum absolute atomic E-state index is 2.41. The standard InChI is InChI=1S/C10H19NSi/c1-9(2)10-6-7-11(8-10)12(3,4)5/h6-9H,1-5H3. The Morgan fingerprint density at radius 3 is 2.08 bits per heavy atom. The maximum Gasteiger partial charge on any atom is 0.152 e. The summed E-state index contributed by atoms with van der Waals surface area (Å²) >= 11 is 0. The molecule has 1 nitrogen and oxygen atoms in total. The van der Waals surface area contributed by atoms with Gasteiger partial charge in [0.2, 0.25) is 0 Å². The van der Waals surface area contributed by atoms with Crippen molar-refractivity contribution in [3.05, 3.63) is 24.0 Å². The number of hydrogen-bond acceptors (Lipinski definition) is 0. The molecule has 68 valence electrons. The van der Waals surface area contributed by atoms with Crippen LogP contribution in [-0.2, 0) is 0 Å². The van der Waals surface area contributed by atoms with E-state index in [1.807, 2.05) is 0 Å². The highest BCUT2D eigenvalue weighted by Gasteiger charge is 2.15. The average Bonchev–Trinajstić information content (AvgIpc) is 2.30. The minimum atomic E-state index is -1.14. The second kappa shape index (κ2) is 3.09. The third kappa shape index (κ3) is 2.00. The predicted molar refractivity (Wildman–Crippen MR) is 57.3 cm³/mol. The molecule has 0 amide bonds. The van der Waals surface area contributed by atoms with Gasteiger partial charge in [0, 0.05) is 0 Å². The quantitative estimate of drug-likeness (QED) is 0.617. The lowest BCUT2D eigenvalue weighted by molar-refractivity contribution is 0.866. The van der Waals surface area contributed by atoms with Crippen LogP contribution in [0.25, 0.3) is 0 Å². The second-order valence-corrected chi connectivity index (χ2v) is 9.54. The van der Waals surface area contributed by atoms with Crippen molar-refractivity contribution in [2.24, 2.45) is 0 Å². The molecule has 1 heterocycles. The van der Waals surface area contributed by atoms with Crippen LogP contribution in [0.3, 0.4) is 0 Å². The third-order valence-electron chi connectivity index (χ3n) is 2.16. The monoisotopic (exact) mass is 181 g/mol. The van der Waals surface area contributed by atoms with Crippen LogP contribution in [0.1, 0.15) is 25.3 Å². The summed E-state index contributed by atoms with van der Waals surface area (Å²) in [6.07, 6.45) is 4.53. The molecular formula is C10H19NSi. The topological polar surface area (TPSA) is 4.93 Å². The minimum Gasteiger partial charge on any atom is -0.381 e. The number of rotatable bonds is 2. The number of nitrogens with zero attached hydrogens (tertiary/aromatic N) is 1. The van der Waals surface area contributed by atoms with Crippen LogP contribution in [0.15, 0.2) is 18.5 Å². The molecule has 0 aliphatic heterocycles. The van der Waals surface area contributed by atoms with E-state index in [9.17, 15) is 0 Å². The minimum absolute atomic E-state index is 0.655. The number of aromatic nitrogens is 1. The highest BCUT2D eigenvalue weighted by molar-refractivity contribution is 6.74. The molecule has 0 bridgehead atoms. The van der Waals surface area contributed by atoms with Crippen LogP contribution in [0, 0.1) is 0 Å². The van der Waals surface area contributed by atoms with E-state index in [2.05, 4.69) is 56.2 Å². The van der Waals surface area contributed by atoms with Crippen LogP contribution in [0.2, 0.25) is 19.6 Å². The van der Waals surface area contributed by atoms with Gasteiger partial charge in [-0.25, -0.2) is 0 Å². The van der Waals surface area contributed by atoms with Gasteiger partial charge in [-0.15, -0.1) is 0 Å². The molecule has 1 rings (SSSR count). The maximum atomic E-state index is 2.41. The van der Waals surface area contributed by atoms with Gasteiger partial charge in [0.25, 0.3) is 0 Å². The SMILES string of the molecule is CC(C)c1ccn([Si](C)(C)C)c1. The zero-order valence-corrected chi connectivity index (χ0v) is 9.76. The van der Waals surface area contributed by atoms with Crippen molar-refractivity contribution in [3.8, 4) is 0 Å². The van der Waals surface area contributed by atoms with E-state index in [1.165, 1.54) is 5.56 Å². The highest BCUT2D eigenvalue weighted by atomic mass is 28.3. The van der Waals surface area contributed by atoms with Crippen LogP contribution in [0.5, 0.6) is 0 Å². The van der Waals surface area contributed by atoms with E-state index in [-0.39, 0.29) is 0 Å². The summed E-state index contributed by atoms with van der Waals surface area (Å²) in [6.45, 7) is 11.6. The van der Waals surface area contributed by atoms with Gasteiger partial charge in [-0.2, -0.15) is 0 Å². The van der Waals surface area contributed by atoms with Crippen molar-refractivity contribution in [1.29, 1.82) is 0 Å². The molecule has 12 heavy (non-hydrogen) atoms. The van der Waals surface area contributed by atoms with E-state index in [1.54, 1.807) is 0 Å². The third-order valence-corrected chi connectivity index (χ3v) is 3.98. The molecule has 0 saturated heterocycles. The van der Waals surface area contributed by atoms with Crippen LogP contribution in [-0.4, -0.2) is 12.5 Å². The molecule has 1 aromatic heterocycles. The van der Waals surface area contributed by atoms with E-state index in [0.29, 0.717) is 5.92 Å². The Bertz CT molecular complexity index is 255. The molecule has 0 radical (unpaired) electrons. The summed E-state index contributed by atoms with van der Waals surface area (Å²) < 4.78 is 2.41. The Balaban J connectivity index is 2.92. The molecule has 0 saturated carbocycles. The Morgan fingerprint density at radius 2 is 1.83 bits per heavy atom. The molecule has 0 unspecified atom stereocenters. The van der Waals surface area contributed by atoms with Crippen molar-refractivity contribution in [2.75, 3.05) is 0 Å². The summed E-state index contributed by atoms with van der Waals surface area (Å²) in [7, 11) is -1.14. The van der Waals surface area contributed by atoms with Gasteiger partial charge >= 0.3 is 0 Å². The fourth-order valence-electron chi connectivity index (χ4n) is 1.17. The molecule has 0 aromatic carbocycles. The predicted octanol–water partition coefficient (Wildman–Crippen LogP) is 3.29. The van der Waals surface area contributed by atoms with Gasteiger partial charge in [-0.05, 0) is 29.9 Å². The van der Waals surface area contributed by atoms with E-state index in [0.717, 1.165) is 0 Å². The van der Waals surface area contributed by atoms with E-state index >= 15 is 0 Å². The first-order valence-electron chi connectivity index (χ1n) is 4.59. The first-order valence-corrected chi connectivity index (χ1v) is 8.04. The van der Waals surface area contributed by atoms with Gasteiger partial charge in [0.15, 0.2) is 8.24 Å². The van der Waals surface area contributed by atoms with Crippen LogP contribution >= 0.6 is 0 Å². The fourth-order valence-corrected chi connectivity index (χ4v) is 2.23. The summed E-state index contributed by atoms with van der Waals surface area (Å²) in [6, 6.07) is 2.24. The lowest BCUT2D eigenvalue weighted by Gasteiger charge is -2.18. The number of hydrogen-bond donors (Lipinski definition) is 0. The largest absolute Gasteiger partial charge is 0.381 e. The summed E-state index contributed by atoms with van der Waals surface area (Å²) in [5, 5.41) is 0. The first-order chi connectivity index (χ1) is 5.41. The molecular weight excluding hydrogens is 162 g/mol. The summed E-state index contributed by atoms with van der Waals surface area (Å²) in [4.78, 5) is 0. The van der Waals surface area contributed by atoms with Crippen LogP contribution < -0.4 is 0 Å². The van der Waals surface area contributed by atoms with Crippen molar-refractivity contribution < 1.29 is 0 Å². The van der Waals surface area contributed by atoms with Gasteiger partial charge in [0.1, 0.15) is 0 Å². The second-order valence-electron chi connectivity index (χ2n) is 4.68. The van der Waals surface area contributed by atoms with Crippen molar-refractivity contribution in [1.82, 2.24) is 4.23 Å². The lowest BCUT2D eigenvalue weighted by atomic mass is 10.1. The zero-order valence-electron chi connectivity index (χ0n) is 8.76. The van der Waals surface area contributed by atoms with Gasteiger partial charge in [0.05, 0.1) is 0 Å². The van der Waals surface area contributed by atoms with Crippen molar-refractivity contribution in [3.63, 3.8) is 0 Å². The van der Waals surface area contributed by atoms with Crippen molar-refractivity contribution in [2.45, 2.75) is 39.4 Å². The smallest absolute Gasteiger partial charge is 0.152 e. The molecule has 0 fully saturated rings. The molecule has 0 aliphatic carbocycles. The van der Waals surface area contributed by atoms with E-state index < -0.39 is 8.24 Å².